The largest absolute Gasteiger partial charge is 0.470 e. The monoisotopic (exact) mass is 451 g/mol. The summed E-state index contributed by atoms with van der Waals surface area (Å²) in [4.78, 5) is 19.4. The molecule has 0 bridgehead atoms. The van der Waals surface area contributed by atoms with Crippen LogP contribution in [0, 0.1) is 24.0 Å². The molecule has 11 nitrogen and oxygen atoms in total. The molecule has 3 aromatic rings. The summed E-state index contributed by atoms with van der Waals surface area (Å²) in [6.07, 6.45) is 3.06. The maximum absolute atomic E-state index is 11.7. The average Bonchev–Trinajstić information content (AvgIpc) is 3.22. The molecule has 3 rings (SSSR count). The summed E-state index contributed by atoms with van der Waals surface area (Å²) < 4.78 is 14.4. The molecule has 0 aliphatic rings. The maximum atomic E-state index is 11.7. The van der Waals surface area contributed by atoms with Gasteiger partial charge in [-0.1, -0.05) is 6.92 Å². The van der Waals surface area contributed by atoms with E-state index in [0.717, 1.165) is 17.5 Å². The average molecular weight is 452 g/mol. The van der Waals surface area contributed by atoms with Crippen LogP contribution in [-0.2, 0) is 11.3 Å². The van der Waals surface area contributed by atoms with Gasteiger partial charge in [0.25, 0.3) is 0 Å². The van der Waals surface area contributed by atoms with E-state index in [4.69, 9.17) is 21.1 Å². The molecular formula is C19H26ClN7O4. The first-order chi connectivity index (χ1) is 14.8. The van der Waals surface area contributed by atoms with E-state index in [1.54, 1.807) is 29.6 Å². The fourth-order valence-corrected chi connectivity index (χ4v) is 3.67. The quantitative estimate of drug-likeness (QED) is 0.260. The fraction of sp³-hybridized carbons (Fsp3) is 0.579. The van der Waals surface area contributed by atoms with E-state index in [1.807, 2.05) is 20.8 Å². The van der Waals surface area contributed by atoms with Gasteiger partial charge < -0.3 is 9.47 Å². The van der Waals surface area contributed by atoms with Crippen molar-refractivity contribution in [3.05, 3.63) is 33.0 Å². The van der Waals surface area contributed by atoms with Crippen molar-refractivity contribution in [3.8, 4) is 5.88 Å². The van der Waals surface area contributed by atoms with Crippen molar-refractivity contribution in [2.24, 2.45) is 0 Å². The highest BCUT2D eigenvalue weighted by Crippen LogP contribution is 2.33. The Labute approximate surface area is 184 Å². The van der Waals surface area contributed by atoms with E-state index in [0.29, 0.717) is 24.3 Å². The lowest BCUT2D eigenvalue weighted by molar-refractivity contribution is -0.386. The molecule has 31 heavy (non-hydrogen) atoms. The molecule has 0 N–H and O–H groups in total. The van der Waals surface area contributed by atoms with Gasteiger partial charge in [0.2, 0.25) is 5.28 Å². The number of hydrogen-bond donors (Lipinski definition) is 0. The molecule has 0 aromatic carbocycles. The number of ether oxygens (including phenoxy) is 2. The molecule has 12 heteroatoms. The van der Waals surface area contributed by atoms with Gasteiger partial charge in [-0.25, -0.2) is 9.67 Å². The Morgan fingerprint density at radius 1 is 1.32 bits per heavy atom. The molecule has 0 amide bonds. The zero-order valence-corrected chi connectivity index (χ0v) is 19.0. The normalized spacial score (nSPS) is 13.5. The van der Waals surface area contributed by atoms with Gasteiger partial charge in [-0.05, 0) is 45.2 Å². The Kier molecular flexibility index (Phi) is 7.06. The van der Waals surface area contributed by atoms with Crippen LogP contribution in [0.5, 0.6) is 5.88 Å². The van der Waals surface area contributed by atoms with E-state index >= 15 is 0 Å². The summed E-state index contributed by atoms with van der Waals surface area (Å²) in [6.45, 7) is 7.94. The summed E-state index contributed by atoms with van der Waals surface area (Å²) in [5.74, 6) is -0.00754. The van der Waals surface area contributed by atoms with Gasteiger partial charge in [-0.2, -0.15) is 10.1 Å². The first-order valence-corrected chi connectivity index (χ1v) is 10.4. The number of rotatable bonds is 10. The number of aromatic nitrogens is 6. The van der Waals surface area contributed by atoms with Crippen molar-refractivity contribution in [2.45, 2.75) is 59.2 Å². The molecule has 0 saturated heterocycles. The molecule has 0 aliphatic carbocycles. The Morgan fingerprint density at radius 2 is 2.06 bits per heavy atom. The summed E-state index contributed by atoms with van der Waals surface area (Å²) in [7, 11) is 1.64. The third kappa shape index (κ3) is 4.77. The molecule has 0 saturated carbocycles. The van der Waals surface area contributed by atoms with Crippen molar-refractivity contribution in [1.29, 1.82) is 0 Å². The Bertz CT molecular complexity index is 1080. The second-order valence-corrected chi connectivity index (χ2v) is 7.66. The van der Waals surface area contributed by atoms with Crippen molar-refractivity contribution >= 4 is 28.3 Å². The van der Waals surface area contributed by atoms with Crippen LogP contribution in [0.1, 0.15) is 44.1 Å². The Balaban J connectivity index is 1.81. The molecule has 2 atom stereocenters. The van der Waals surface area contributed by atoms with Gasteiger partial charge >= 0.3 is 11.6 Å². The number of aryl methyl sites for hydroxylation is 1. The van der Waals surface area contributed by atoms with Gasteiger partial charge in [0.1, 0.15) is 12.3 Å². The molecule has 0 radical (unpaired) electrons. The minimum atomic E-state index is -0.457. The number of hydrogen-bond acceptors (Lipinski definition) is 8. The van der Waals surface area contributed by atoms with Gasteiger partial charge in [-0.3, -0.25) is 14.8 Å². The number of halogens is 1. The van der Waals surface area contributed by atoms with Crippen LogP contribution >= 0.6 is 11.6 Å². The van der Waals surface area contributed by atoms with Crippen molar-refractivity contribution in [3.63, 3.8) is 0 Å². The van der Waals surface area contributed by atoms with Gasteiger partial charge in [0.05, 0.1) is 34.7 Å². The number of methoxy groups -OCH3 is 1. The Morgan fingerprint density at radius 3 is 2.71 bits per heavy atom. The molecule has 3 aromatic heterocycles. The van der Waals surface area contributed by atoms with Gasteiger partial charge in [-0.15, -0.1) is 5.10 Å². The first kappa shape index (κ1) is 22.9. The van der Waals surface area contributed by atoms with Crippen LogP contribution in [0.4, 0.5) is 5.69 Å². The molecule has 0 aliphatic heterocycles. The van der Waals surface area contributed by atoms with E-state index < -0.39 is 4.92 Å². The molecule has 0 fully saturated rings. The molecular weight excluding hydrogens is 426 g/mol. The number of fused-ring (bicyclic) bond motifs is 1. The highest BCUT2D eigenvalue weighted by molar-refractivity contribution is 6.28. The predicted octanol–water partition coefficient (Wildman–Crippen LogP) is 3.66. The summed E-state index contributed by atoms with van der Waals surface area (Å²) in [6, 6.07) is -0.0393. The van der Waals surface area contributed by atoms with E-state index in [1.165, 1.54) is 0 Å². The third-order valence-electron chi connectivity index (χ3n) is 5.28. The fourth-order valence-electron chi connectivity index (χ4n) is 3.54. The highest BCUT2D eigenvalue weighted by Gasteiger charge is 2.30. The van der Waals surface area contributed by atoms with Crippen LogP contribution in [0.25, 0.3) is 11.0 Å². The molecule has 2 unspecified atom stereocenters. The third-order valence-corrected chi connectivity index (χ3v) is 5.46. The Hall–Kier alpha value is -2.79. The van der Waals surface area contributed by atoms with Gasteiger partial charge in [0.15, 0.2) is 5.65 Å². The van der Waals surface area contributed by atoms with Crippen LogP contribution in [0.3, 0.4) is 0 Å². The summed E-state index contributed by atoms with van der Waals surface area (Å²) in [5.41, 5.74) is 1.66. The first-order valence-electron chi connectivity index (χ1n) is 10.0. The van der Waals surface area contributed by atoms with Crippen LogP contribution < -0.4 is 4.74 Å². The standard InChI is InChI=1S/C19H26ClN7O4/c1-6-14(9-11(2)30-5)26-13(4)16(27(28)29)18(24-26)31-8-7-25-17-15(12(3)23-25)10-21-19(20)22-17/h10-11,14H,6-9H2,1-5H3. The molecule has 3 heterocycles. The summed E-state index contributed by atoms with van der Waals surface area (Å²) >= 11 is 5.90. The predicted molar refractivity (Wildman–Crippen MR) is 115 cm³/mol. The smallest absolute Gasteiger partial charge is 0.352 e. The van der Waals surface area contributed by atoms with Crippen molar-refractivity contribution in [1.82, 2.24) is 29.5 Å². The maximum Gasteiger partial charge on any atom is 0.352 e. The van der Waals surface area contributed by atoms with Crippen molar-refractivity contribution in [2.75, 3.05) is 13.7 Å². The minimum Gasteiger partial charge on any atom is -0.470 e. The van der Waals surface area contributed by atoms with Crippen molar-refractivity contribution < 1.29 is 14.4 Å². The SMILES string of the molecule is CCC(CC(C)OC)n1nc(OCCn2nc(C)c3cnc(Cl)nc32)c([N+](=O)[O-])c1C. The zero-order valence-electron chi connectivity index (χ0n) is 18.2. The van der Waals surface area contributed by atoms with E-state index in [-0.39, 0.29) is 35.6 Å². The minimum absolute atomic E-state index is 0.00197. The summed E-state index contributed by atoms with van der Waals surface area (Å²) in [5, 5.41) is 21.5. The lowest BCUT2D eigenvalue weighted by Crippen LogP contribution is -2.18. The highest BCUT2D eigenvalue weighted by atomic mass is 35.5. The molecule has 0 spiro atoms. The second-order valence-electron chi connectivity index (χ2n) is 7.32. The number of nitrogens with zero attached hydrogens (tertiary/aromatic N) is 7. The lowest BCUT2D eigenvalue weighted by atomic mass is 10.1. The second kappa shape index (κ2) is 9.56. The zero-order chi connectivity index (χ0) is 22.7. The lowest BCUT2D eigenvalue weighted by Gasteiger charge is -2.20. The van der Waals surface area contributed by atoms with E-state index in [2.05, 4.69) is 20.2 Å². The van der Waals surface area contributed by atoms with Crippen LogP contribution in [0.15, 0.2) is 6.20 Å². The van der Waals surface area contributed by atoms with Gasteiger partial charge in [0, 0.05) is 13.3 Å². The molecule has 168 valence electrons. The van der Waals surface area contributed by atoms with Crippen LogP contribution in [-0.4, -0.2) is 54.3 Å². The van der Waals surface area contributed by atoms with E-state index in [9.17, 15) is 10.1 Å². The topological polar surface area (TPSA) is 123 Å². The number of nitro groups is 1. The van der Waals surface area contributed by atoms with Crippen LogP contribution in [0.2, 0.25) is 5.28 Å².